The van der Waals surface area contributed by atoms with Gasteiger partial charge in [0.15, 0.2) is 11.5 Å². The number of nitrogens with zero attached hydrogens (tertiary/aromatic N) is 1. The number of pyridine rings is 1. The molecule has 6 nitrogen and oxygen atoms in total. The molecule has 3 aromatic rings. The number of anilines is 1. The van der Waals surface area contributed by atoms with Crippen LogP contribution in [0.5, 0.6) is 23.0 Å². The minimum atomic E-state index is -4.85. The number of ether oxygens (including phenoxy) is 3. The standard InChI is InChI=1S/C21H15BrClF3N2O4/c1-11-10-27-19(22)9-15(11)28-20(29)14-7-12(23)3-5-16(14)31-17-6-4-13(8-18(17)30-2)32-21(24,25)26/h3-10H,1-2H3,(H,27,28,29). The number of nitrogens with one attached hydrogen (secondary N) is 1. The highest BCUT2D eigenvalue weighted by atomic mass is 79.9. The maximum Gasteiger partial charge on any atom is 0.573 e. The van der Waals surface area contributed by atoms with E-state index in [0.717, 1.165) is 17.7 Å². The molecule has 168 valence electrons. The lowest BCUT2D eigenvalue weighted by Gasteiger charge is -2.16. The number of halogens is 5. The summed E-state index contributed by atoms with van der Waals surface area (Å²) in [5, 5.41) is 3.05. The Kier molecular flexibility index (Phi) is 7.15. The van der Waals surface area contributed by atoms with Crippen molar-refractivity contribution in [3.63, 3.8) is 0 Å². The number of hydrogen-bond donors (Lipinski definition) is 1. The molecule has 11 heteroatoms. The number of aryl methyl sites for hydroxylation is 1. The first-order valence-corrected chi connectivity index (χ1v) is 10.1. The normalized spacial score (nSPS) is 11.1. The molecular formula is C21H15BrClF3N2O4. The number of rotatable bonds is 6. The molecule has 0 atom stereocenters. The Morgan fingerprint density at radius 3 is 2.50 bits per heavy atom. The van der Waals surface area contributed by atoms with Crippen molar-refractivity contribution >= 4 is 39.1 Å². The summed E-state index contributed by atoms with van der Waals surface area (Å²) in [6.07, 6.45) is -3.26. The van der Waals surface area contributed by atoms with E-state index in [9.17, 15) is 18.0 Å². The molecule has 0 unspecified atom stereocenters. The van der Waals surface area contributed by atoms with Crippen LogP contribution in [0.3, 0.4) is 0 Å². The van der Waals surface area contributed by atoms with Gasteiger partial charge in [-0.3, -0.25) is 4.79 Å². The summed E-state index contributed by atoms with van der Waals surface area (Å²) < 4.78 is 52.7. The second-order valence-corrected chi connectivity index (χ2v) is 7.63. The lowest BCUT2D eigenvalue weighted by molar-refractivity contribution is -0.274. The third-order valence-electron chi connectivity index (χ3n) is 4.09. The van der Waals surface area contributed by atoms with Gasteiger partial charge in [-0.05, 0) is 64.8 Å². The number of benzene rings is 2. The summed E-state index contributed by atoms with van der Waals surface area (Å²) >= 11 is 9.31. The van der Waals surface area contributed by atoms with E-state index in [4.69, 9.17) is 21.1 Å². The minimum absolute atomic E-state index is 0.0260. The molecule has 1 heterocycles. The molecule has 2 aromatic carbocycles. The van der Waals surface area contributed by atoms with Crippen LogP contribution in [0.2, 0.25) is 5.02 Å². The Hall–Kier alpha value is -2.98. The summed E-state index contributed by atoms with van der Waals surface area (Å²) in [5.41, 5.74) is 1.35. The van der Waals surface area contributed by atoms with Crippen molar-refractivity contribution in [3.05, 3.63) is 69.4 Å². The Bertz CT molecular complexity index is 1160. The third-order valence-corrected chi connectivity index (χ3v) is 4.76. The Balaban J connectivity index is 1.91. The van der Waals surface area contributed by atoms with Crippen LogP contribution < -0.4 is 19.5 Å². The average molecular weight is 532 g/mol. The molecule has 0 fully saturated rings. The number of methoxy groups -OCH3 is 1. The largest absolute Gasteiger partial charge is 0.573 e. The van der Waals surface area contributed by atoms with E-state index >= 15 is 0 Å². The van der Waals surface area contributed by atoms with Crippen LogP contribution in [0.25, 0.3) is 0 Å². The molecule has 1 aromatic heterocycles. The van der Waals surface area contributed by atoms with Crippen LogP contribution in [-0.4, -0.2) is 24.4 Å². The van der Waals surface area contributed by atoms with Crippen molar-refractivity contribution in [1.29, 1.82) is 0 Å². The summed E-state index contributed by atoms with van der Waals surface area (Å²) in [7, 11) is 1.26. The molecule has 0 saturated carbocycles. The molecule has 1 N–H and O–H groups in total. The quantitative estimate of drug-likeness (QED) is 0.356. The van der Waals surface area contributed by atoms with Gasteiger partial charge >= 0.3 is 6.36 Å². The molecule has 0 aliphatic heterocycles. The first-order valence-electron chi connectivity index (χ1n) is 8.90. The zero-order chi connectivity index (χ0) is 23.5. The molecular weight excluding hydrogens is 517 g/mol. The van der Waals surface area contributed by atoms with Crippen molar-refractivity contribution < 1.29 is 32.2 Å². The topological polar surface area (TPSA) is 69.7 Å². The van der Waals surface area contributed by atoms with Crippen molar-refractivity contribution in [2.75, 3.05) is 12.4 Å². The zero-order valence-electron chi connectivity index (χ0n) is 16.6. The van der Waals surface area contributed by atoms with Crippen molar-refractivity contribution in [3.8, 4) is 23.0 Å². The molecule has 0 saturated heterocycles. The van der Waals surface area contributed by atoms with Gasteiger partial charge in [-0.2, -0.15) is 0 Å². The van der Waals surface area contributed by atoms with Crippen LogP contribution >= 0.6 is 27.5 Å². The molecule has 0 aliphatic carbocycles. The van der Waals surface area contributed by atoms with Crippen LogP contribution in [0.1, 0.15) is 15.9 Å². The highest BCUT2D eigenvalue weighted by Crippen LogP contribution is 2.38. The van der Waals surface area contributed by atoms with Crippen LogP contribution in [-0.2, 0) is 0 Å². The smallest absolute Gasteiger partial charge is 0.493 e. The molecule has 0 aliphatic rings. The summed E-state index contributed by atoms with van der Waals surface area (Å²) in [5.74, 6) is -0.835. The van der Waals surface area contributed by atoms with E-state index in [2.05, 4.69) is 31.0 Å². The number of amides is 1. The predicted octanol–water partition coefficient (Wildman–Crippen LogP) is 6.76. The fourth-order valence-corrected chi connectivity index (χ4v) is 3.14. The van der Waals surface area contributed by atoms with Crippen molar-refractivity contribution in [2.24, 2.45) is 0 Å². The monoisotopic (exact) mass is 530 g/mol. The first-order chi connectivity index (χ1) is 15.1. The number of aromatic nitrogens is 1. The van der Waals surface area contributed by atoms with Crippen molar-refractivity contribution in [1.82, 2.24) is 4.98 Å². The Labute approximate surface area is 194 Å². The van der Waals surface area contributed by atoms with E-state index in [1.807, 2.05) is 0 Å². The molecule has 1 amide bonds. The van der Waals surface area contributed by atoms with E-state index in [0.29, 0.717) is 10.3 Å². The molecule has 32 heavy (non-hydrogen) atoms. The van der Waals surface area contributed by atoms with Gasteiger partial charge < -0.3 is 19.5 Å². The third kappa shape index (κ3) is 6.04. The van der Waals surface area contributed by atoms with Crippen LogP contribution in [0.15, 0.2) is 53.3 Å². The SMILES string of the molecule is COc1cc(OC(F)(F)F)ccc1Oc1ccc(Cl)cc1C(=O)Nc1cc(Br)ncc1C. The van der Waals surface area contributed by atoms with Gasteiger partial charge in [0.25, 0.3) is 5.91 Å². The highest BCUT2D eigenvalue weighted by molar-refractivity contribution is 9.10. The molecule has 3 rings (SSSR count). The summed E-state index contributed by atoms with van der Waals surface area (Å²) in [6, 6.07) is 9.35. The van der Waals surface area contributed by atoms with Gasteiger partial charge in [0.05, 0.1) is 12.7 Å². The second-order valence-electron chi connectivity index (χ2n) is 6.38. The fraction of sp³-hybridized carbons (Fsp3) is 0.143. The first kappa shape index (κ1) is 23.7. The maximum absolute atomic E-state index is 12.9. The van der Waals surface area contributed by atoms with Gasteiger partial charge in [-0.1, -0.05) is 11.6 Å². The van der Waals surface area contributed by atoms with E-state index in [-0.39, 0.29) is 27.8 Å². The van der Waals surface area contributed by atoms with Crippen LogP contribution in [0, 0.1) is 6.92 Å². The number of carbonyl (C=O) groups is 1. The number of alkyl halides is 3. The Morgan fingerprint density at radius 1 is 1.09 bits per heavy atom. The molecule has 0 radical (unpaired) electrons. The van der Waals surface area contributed by atoms with Crippen molar-refractivity contribution in [2.45, 2.75) is 13.3 Å². The number of carbonyl (C=O) groups excluding carboxylic acids is 1. The zero-order valence-corrected chi connectivity index (χ0v) is 18.9. The fourth-order valence-electron chi connectivity index (χ4n) is 2.64. The molecule has 0 spiro atoms. The summed E-state index contributed by atoms with van der Waals surface area (Å²) in [6.45, 7) is 1.78. The second kappa shape index (κ2) is 9.66. The van der Waals surface area contributed by atoms with E-state index in [1.54, 1.807) is 19.2 Å². The maximum atomic E-state index is 12.9. The Morgan fingerprint density at radius 2 is 1.81 bits per heavy atom. The number of hydrogen-bond acceptors (Lipinski definition) is 5. The van der Waals surface area contributed by atoms with Gasteiger partial charge in [-0.15, -0.1) is 13.2 Å². The van der Waals surface area contributed by atoms with E-state index < -0.39 is 18.0 Å². The minimum Gasteiger partial charge on any atom is -0.493 e. The lowest BCUT2D eigenvalue weighted by atomic mass is 10.1. The van der Waals surface area contributed by atoms with Gasteiger partial charge in [0.1, 0.15) is 16.1 Å². The predicted molar refractivity (Wildman–Crippen MR) is 116 cm³/mol. The van der Waals surface area contributed by atoms with Crippen LogP contribution in [0.4, 0.5) is 18.9 Å². The van der Waals surface area contributed by atoms with Gasteiger partial charge in [0, 0.05) is 23.0 Å². The van der Waals surface area contributed by atoms with E-state index in [1.165, 1.54) is 31.4 Å². The summed E-state index contributed by atoms with van der Waals surface area (Å²) in [4.78, 5) is 17.0. The van der Waals surface area contributed by atoms with Gasteiger partial charge in [-0.25, -0.2) is 4.98 Å². The van der Waals surface area contributed by atoms with Gasteiger partial charge in [0.2, 0.25) is 0 Å². The highest BCUT2D eigenvalue weighted by Gasteiger charge is 2.31. The molecule has 0 bridgehead atoms. The average Bonchev–Trinajstić information content (AvgIpc) is 2.71. The lowest BCUT2D eigenvalue weighted by Crippen LogP contribution is -2.17.